The smallest absolute Gasteiger partial charge is 0.283 e. The van der Waals surface area contributed by atoms with Crippen LogP contribution in [0.3, 0.4) is 0 Å². The Balaban J connectivity index is 1.53. The first-order chi connectivity index (χ1) is 18.8. The second-order valence-corrected chi connectivity index (χ2v) is 11.7. The number of rotatable bonds is 13. The third-order valence-electron chi connectivity index (χ3n) is 6.53. The van der Waals surface area contributed by atoms with E-state index in [1.165, 1.54) is 23.5 Å². The lowest BCUT2D eigenvalue weighted by atomic mass is 9.99. The van der Waals surface area contributed by atoms with Crippen molar-refractivity contribution in [3.63, 3.8) is 0 Å². The summed E-state index contributed by atoms with van der Waals surface area (Å²) < 4.78 is 35.8. The molecule has 0 saturated heterocycles. The Hall–Kier alpha value is -3.22. The standard InChI is InChI=1S/C27H32FN5O4S2/c1-4-30-39(36)32-25(34)24-18(2)38-23(31-24)17-33(14-6-8-19-7-5-9-20(28)15-19)26(35)27(12-13-27)22-11-10-21(37-3)16-29-22/h5,7,9-11,15-16,30H,4,6,8,12-14,17H2,1-3H3,(H,32,34). The van der Waals surface area contributed by atoms with Gasteiger partial charge in [0.15, 0.2) is 11.2 Å². The lowest BCUT2D eigenvalue weighted by Gasteiger charge is -2.27. The quantitative estimate of drug-likeness (QED) is 0.323. The van der Waals surface area contributed by atoms with Crippen molar-refractivity contribution in [1.29, 1.82) is 0 Å². The van der Waals surface area contributed by atoms with Crippen LogP contribution in [0.5, 0.6) is 5.75 Å². The van der Waals surface area contributed by atoms with Gasteiger partial charge in [0.2, 0.25) is 5.91 Å². The van der Waals surface area contributed by atoms with Crippen LogP contribution in [0.1, 0.15) is 57.8 Å². The van der Waals surface area contributed by atoms with Crippen LogP contribution in [-0.2, 0) is 34.3 Å². The van der Waals surface area contributed by atoms with Gasteiger partial charge in [-0.15, -0.1) is 11.3 Å². The molecule has 2 heterocycles. The minimum atomic E-state index is -1.71. The normalized spacial score (nSPS) is 14.5. The summed E-state index contributed by atoms with van der Waals surface area (Å²) in [7, 11) is 1.57. The maximum Gasteiger partial charge on any atom is 0.283 e. The molecule has 1 atom stereocenters. The molecule has 2 N–H and O–H groups in total. The average Bonchev–Trinajstić information content (AvgIpc) is 3.64. The molecule has 4 rings (SSSR count). The van der Waals surface area contributed by atoms with E-state index in [4.69, 9.17) is 4.74 Å². The summed E-state index contributed by atoms with van der Waals surface area (Å²) in [6, 6.07) is 10.1. The number of aromatic nitrogens is 2. The molecule has 1 saturated carbocycles. The van der Waals surface area contributed by atoms with Gasteiger partial charge in [-0.25, -0.2) is 18.3 Å². The minimum Gasteiger partial charge on any atom is -0.495 e. The topological polar surface area (TPSA) is 114 Å². The second kappa shape index (κ2) is 12.8. The summed E-state index contributed by atoms with van der Waals surface area (Å²) >= 11 is -0.386. The predicted octanol–water partition coefficient (Wildman–Crippen LogP) is 3.61. The molecule has 12 heteroatoms. The predicted molar refractivity (Wildman–Crippen MR) is 148 cm³/mol. The zero-order chi connectivity index (χ0) is 28.0. The van der Waals surface area contributed by atoms with Gasteiger partial charge in [0.25, 0.3) is 5.91 Å². The van der Waals surface area contributed by atoms with Crippen molar-refractivity contribution in [2.75, 3.05) is 20.2 Å². The number of thiazole rings is 1. The van der Waals surface area contributed by atoms with E-state index in [0.29, 0.717) is 60.1 Å². The van der Waals surface area contributed by atoms with Crippen molar-refractivity contribution in [3.05, 3.63) is 75.2 Å². The molecule has 1 fully saturated rings. The molecular weight excluding hydrogens is 541 g/mol. The first kappa shape index (κ1) is 28.8. The summed E-state index contributed by atoms with van der Waals surface area (Å²) in [6.07, 6.45) is 4.22. The molecule has 2 aromatic heterocycles. The van der Waals surface area contributed by atoms with Crippen LogP contribution < -0.4 is 14.2 Å². The Bertz CT molecular complexity index is 1340. The van der Waals surface area contributed by atoms with Gasteiger partial charge in [0, 0.05) is 18.0 Å². The van der Waals surface area contributed by atoms with Gasteiger partial charge in [-0.1, -0.05) is 19.1 Å². The minimum absolute atomic E-state index is 0.0495. The number of halogens is 1. The zero-order valence-corrected chi connectivity index (χ0v) is 23.8. The summed E-state index contributed by atoms with van der Waals surface area (Å²) in [6.45, 7) is 4.63. The highest BCUT2D eigenvalue weighted by molar-refractivity contribution is 7.81. The van der Waals surface area contributed by atoms with E-state index >= 15 is 0 Å². The highest BCUT2D eigenvalue weighted by Crippen LogP contribution is 2.49. The number of nitrogens with one attached hydrogen (secondary N) is 2. The number of ether oxygens (including phenoxy) is 1. The van der Waals surface area contributed by atoms with Gasteiger partial charge < -0.3 is 9.64 Å². The number of hydrogen-bond donors (Lipinski definition) is 2. The molecule has 3 aromatic rings. The fraction of sp³-hybridized carbons (Fsp3) is 0.407. The van der Waals surface area contributed by atoms with Crippen molar-refractivity contribution >= 4 is 34.3 Å². The number of carbonyl (C=O) groups excluding carboxylic acids is 2. The molecule has 9 nitrogen and oxygen atoms in total. The van der Waals surface area contributed by atoms with Crippen molar-refractivity contribution < 1.29 is 22.9 Å². The molecule has 0 radical (unpaired) electrons. The first-order valence-electron chi connectivity index (χ1n) is 12.7. The van der Waals surface area contributed by atoms with Crippen LogP contribution in [0, 0.1) is 12.7 Å². The molecule has 1 unspecified atom stereocenters. The molecule has 1 aliphatic rings. The Morgan fingerprint density at radius 3 is 2.69 bits per heavy atom. The summed E-state index contributed by atoms with van der Waals surface area (Å²) in [5, 5.41) is 0.601. The third-order valence-corrected chi connectivity index (χ3v) is 8.41. The highest BCUT2D eigenvalue weighted by Gasteiger charge is 2.54. The molecule has 0 spiro atoms. The fourth-order valence-corrected chi connectivity index (χ4v) is 5.95. The molecule has 39 heavy (non-hydrogen) atoms. The number of carbonyl (C=O) groups is 2. The van der Waals surface area contributed by atoms with Gasteiger partial charge in [0.1, 0.15) is 22.3 Å². The van der Waals surface area contributed by atoms with E-state index < -0.39 is 22.5 Å². The van der Waals surface area contributed by atoms with E-state index in [1.54, 1.807) is 44.2 Å². The Labute approximate surface area is 233 Å². The van der Waals surface area contributed by atoms with Crippen LogP contribution >= 0.6 is 11.3 Å². The number of methoxy groups -OCH3 is 1. The SMILES string of the molecule is CCNS(=O)NC(=O)c1nc(CN(CCCc2cccc(F)c2)C(=O)C2(c3ccc(OC)cn3)CC2)sc1C. The van der Waals surface area contributed by atoms with E-state index in [1.807, 2.05) is 12.1 Å². The van der Waals surface area contributed by atoms with E-state index in [0.717, 1.165) is 5.56 Å². The van der Waals surface area contributed by atoms with Crippen molar-refractivity contribution in [1.82, 2.24) is 24.3 Å². The largest absolute Gasteiger partial charge is 0.495 e. The number of hydrogen-bond acceptors (Lipinski definition) is 7. The third kappa shape index (κ3) is 7.06. The van der Waals surface area contributed by atoms with Crippen LogP contribution in [0.4, 0.5) is 4.39 Å². The van der Waals surface area contributed by atoms with E-state index in [-0.39, 0.29) is 24.0 Å². The number of aryl methyl sites for hydroxylation is 2. The number of amides is 2. The Kier molecular flexibility index (Phi) is 9.41. The second-order valence-electron chi connectivity index (χ2n) is 9.34. The molecule has 1 aliphatic carbocycles. The number of benzene rings is 1. The van der Waals surface area contributed by atoms with Crippen LogP contribution in [-0.4, -0.2) is 51.1 Å². The first-order valence-corrected chi connectivity index (χ1v) is 14.7. The Morgan fingerprint density at radius 2 is 2.05 bits per heavy atom. The van der Waals surface area contributed by atoms with E-state index in [9.17, 15) is 18.2 Å². The highest BCUT2D eigenvalue weighted by atomic mass is 32.2. The maximum absolute atomic E-state index is 14.0. The molecule has 1 aromatic carbocycles. The molecule has 0 bridgehead atoms. The zero-order valence-electron chi connectivity index (χ0n) is 22.2. The van der Waals surface area contributed by atoms with Crippen molar-refractivity contribution in [2.45, 2.75) is 51.5 Å². The van der Waals surface area contributed by atoms with Gasteiger partial charge in [-0.05, 0) is 62.4 Å². The van der Waals surface area contributed by atoms with E-state index in [2.05, 4.69) is 19.4 Å². The fourth-order valence-electron chi connectivity index (χ4n) is 4.40. The molecule has 208 valence electrons. The van der Waals surface area contributed by atoms with Crippen LogP contribution in [0.2, 0.25) is 0 Å². The molecule has 0 aliphatic heterocycles. The number of pyridine rings is 1. The average molecular weight is 574 g/mol. The maximum atomic E-state index is 14.0. The van der Waals surface area contributed by atoms with Crippen molar-refractivity contribution in [3.8, 4) is 5.75 Å². The molecular formula is C27H32FN5O4S2. The summed E-state index contributed by atoms with van der Waals surface area (Å²) in [5.74, 6) is -0.263. The van der Waals surface area contributed by atoms with Gasteiger partial charge in [-0.3, -0.25) is 19.3 Å². The monoisotopic (exact) mass is 573 g/mol. The van der Waals surface area contributed by atoms with Gasteiger partial charge in [-0.2, -0.15) is 0 Å². The number of nitrogens with zero attached hydrogens (tertiary/aromatic N) is 3. The van der Waals surface area contributed by atoms with Crippen molar-refractivity contribution in [2.24, 2.45) is 0 Å². The summed E-state index contributed by atoms with van der Waals surface area (Å²) in [4.78, 5) is 38.0. The van der Waals surface area contributed by atoms with Crippen LogP contribution in [0.25, 0.3) is 0 Å². The van der Waals surface area contributed by atoms with Gasteiger partial charge >= 0.3 is 0 Å². The van der Waals surface area contributed by atoms with Crippen LogP contribution in [0.15, 0.2) is 42.6 Å². The summed E-state index contributed by atoms with van der Waals surface area (Å²) in [5.41, 5.74) is 1.04. The van der Waals surface area contributed by atoms with Gasteiger partial charge in [0.05, 0.1) is 31.0 Å². The Morgan fingerprint density at radius 1 is 1.26 bits per heavy atom. The lowest BCUT2D eigenvalue weighted by Crippen LogP contribution is -2.40. The molecule has 2 amide bonds. The lowest BCUT2D eigenvalue weighted by molar-refractivity contribution is -0.134.